The molecule has 0 aliphatic rings. The summed E-state index contributed by atoms with van der Waals surface area (Å²) in [4.78, 5) is 23.8. The topological polar surface area (TPSA) is 110 Å². The van der Waals surface area contributed by atoms with E-state index in [9.17, 15) is 27.7 Å². The number of halogens is 1. The number of thioether (sulfide) groups is 1. The number of hydrogen-bond donors (Lipinski definition) is 1. The molecule has 0 bridgehead atoms. The van der Waals surface area contributed by atoms with Crippen LogP contribution in [0.1, 0.15) is 0 Å². The minimum atomic E-state index is -4.22. The minimum absolute atomic E-state index is 0.0341. The van der Waals surface area contributed by atoms with E-state index in [-0.39, 0.29) is 22.0 Å². The SMILES string of the molecule is CSc1ccc(S(=O)(=O)N(CC(=O)Nc2cccc([N+](=O)[O-])c2)c2cccc(F)c2)cc1. The zero-order chi connectivity index (χ0) is 23.3. The molecule has 0 saturated carbocycles. The highest BCUT2D eigenvalue weighted by atomic mass is 32.2. The highest BCUT2D eigenvalue weighted by Crippen LogP contribution is 2.26. The Morgan fingerprint density at radius 3 is 2.41 bits per heavy atom. The predicted octanol–water partition coefficient (Wildman–Crippen LogP) is 4.29. The average Bonchev–Trinajstić information content (AvgIpc) is 2.77. The summed E-state index contributed by atoms with van der Waals surface area (Å²) in [6.07, 6.45) is 1.85. The second-order valence-electron chi connectivity index (χ2n) is 6.52. The zero-order valence-electron chi connectivity index (χ0n) is 16.8. The Bertz CT molecular complexity index is 1250. The van der Waals surface area contributed by atoms with Crippen molar-refractivity contribution in [3.8, 4) is 0 Å². The molecule has 1 N–H and O–H groups in total. The zero-order valence-corrected chi connectivity index (χ0v) is 18.4. The highest BCUT2D eigenvalue weighted by molar-refractivity contribution is 7.98. The van der Waals surface area contributed by atoms with Crippen LogP contribution in [-0.2, 0) is 14.8 Å². The molecule has 0 aromatic heterocycles. The van der Waals surface area contributed by atoms with Crippen molar-refractivity contribution in [2.75, 3.05) is 22.4 Å². The molecule has 0 unspecified atom stereocenters. The molecule has 0 heterocycles. The molecule has 0 radical (unpaired) electrons. The molecule has 0 fully saturated rings. The fraction of sp³-hybridized carbons (Fsp3) is 0.0952. The summed E-state index contributed by atoms with van der Waals surface area (Å²) < 4.78 is 41.2. The Hall–Kier alpha value is -3.44. The number of anilines is 2. The molecule has 0 aliphatic heterocycles. The first-order chi connectivity index (χ1) is 15.2. The van der Waals surface area contributed by atoms with Gasteiger partial charge in [0.1, 0.15) is 12.4 Å². The first kappa shape index (κ1) is 23.2. The number of nitro groups is 1. The first-order valence-electron chi connectivity index (χ1n) is 9.17. The summed E-state index contributed by atoms with van der Waals surface area (Å²) in [6, 6.07) is 16.2. The van der Waals surface area contributed by atoms with Crippen LogP contribution in [0.4, 0.5) is 21.5 Å². The van der Waals surface area contributed by atoms with Gasteiger partial charge in [0.15, 0.2) is 0 Å². The Morgan fingerprint density at radius 1 is 1.09 bits per heavy atom. The molecule has 166 valence electrons. The summed E-state index contributed by atoms with van der Waals surface area (Å²) in [5, 5.41) is 13.4. The second-order valence-corrected chi connectivity index (χ2v) is 9.26. The van der Waals surface area contributed by atoms with Gasteiger partial charge in [-0.3, -0.25) is 19.2 Å². The number of rotatable bonds is 8. The highest BCUT2D eigenvalue weighted by Gasteiger charge is 2.27. The number of benzene rings is 3. The number of hydrogen-bond acceptors (Lipinski definition) is 6. The maximum atomic E-state index is 13.8. The van der Waals surface area contributed by atoms with E-state index in [0.29, 0.717) is 0 Å². The molecule has 0 atom stereocenters. The van der Waals surface area contributed by atoms with Crippen molar-refractivity contribution in [3.63, 3.8) is 0 Å². The van der Waals surface area contributed by atoms with E-state index in [0.717, 1.165) is 27.4 Å². The molecule has 32 heavy (non-hydrogen) atoms. The van der Waals surface area contributed by atoms with E-state index < -0.39 is 33.2 Å². The van der Waals surface area contributed by atoms with Crippen LogP contribution in [0, 0.1) is 15.9 Å². The normalized spacial score (nSPS) is 11.1. The molecule has 0 spiro atoms. The monoisotopic (exact) mass is 475 g/mol. The van der Waals surface area contributed by atoms with Crippen LogP contribution in [0.15, 0.2) is 82.6 Å². The van der Waals surface area contributed by atoms with Crippen LogP contribution in [0.5, 0.6) is 0 Å². The van der Waals surface area contributed by atoms with Crippen molar-refractivity contribution in [1.82, 2.24) is 0 Å². The summed E-state index contributed by atoms with van der Waals surface area (Å²) in [7, 11) is -4.22. The quantitative estimate of drug-likeness (QED) is 0.296. The van der Waals surface area contributed by atoms with Gasteiger partial charge in [0, 0.05) is 22.7 Å². The van der Waals surface area contributed by atoms with Gasteiger partial charge >= 0.3 is 0 Å². The van der Waals surface area contributed by atoms with Crippen molar-refractivity contribution < 1.29 is 22.5 Å². The molecule has 1 amide bonds. The third-order valence-corrected chi connectivity index (χ3v) is 6.90. The summed E-state index contributed by atoms with van der Waals surface area (Å²) in [5.41, 5.74) is -0.135. The Balaban J connectivity index is 1.93. The van der Waals surface area contributed by atoms with Gasteiger partial charge in [-0.1, -0.05) is 12.1 Å². The van der Waals surface area contributed by atoms with E-state index >= 15 is 0 Å². The van der Waals surface area contributed by atoms with Gasteiger partial charge < -0.3 is 5.32 Å². The average molecular weight is 476 g/mol. The third kappa shape index (κ3) is 5.42. The van der Waals surface area contributed by atoms with Crippen molar-refractivity contribution >= 4 is 44.8 Å². The molecule has 11 heteroatoms. The van der Waals surface area contributed by atoms with E-state index in [1.807, 2.05) is 6.26 Å². The van der Waals surface area contributed by atoms with Gasteiger partial charge in [-0.25, -0.2) is 12.8 Å². The van der Waals surface area contributed by atoms with Crippen LogP contribution in [0.25, 0.3) is 0 Å². The van der Waals surface area contributed by atoms with E-state index in [1.165, 1.54) is 54.2 Å². The van der Waals surface area contributed by atoms with Crippen LogP contribution < -0.4 is 9.62 Å². The van der Waals surface area contributed by atoms with Crippen molar-refractivity contribution in [2.24, 2.45) is 0 Å². The summed E-state index contributed by atoms with van der Waals surface area (Å²) in [5.74, 6) is -1.42. The lowest BCUT2D eigenvalue weighted by Crippen LogP contribution is -2.38. The number of nitrogens with zero attached hydrogens (tertiary/aromatic N) is 2. The van der Waals surface area contributed by atoms with Crippen LogP contribution in [-0.4, -0.2) is 32.0 Å². The van der Waals surface area contributed by atoms with Gasteiger partial charge in [0.25, 0.3) is 15.7 Å². The second kappa shape index (κ2) is 9.79. The number of carbonyl (C=O) groups is 1. The lowest BCUT2D eigenvalue weighted by Gasteiger charge is -2.24. The first-order valence-corrected chi connectivity index (χ1v) is 11.8. The maximum absolute atomic E-state index is 13.8. The lowest BCUT2D eigenvalue weighted by molar-refractivity contribution is -0.384. The smallest absolute Gasteiger partial charge is 0.271 e. The van der Waals surface area contributed by atoms with Gasteiger partial charge in [-0.15, -0.1) is 11.8 Å². The number of nitrogens with one attached hydrogen (secondary N) is 1. The van der Waals surface area contributed by atoms with Crippen LogP contribution in [0.2, 0.25) is 0 Å². The fourth-order valence-corrected chi connectivity index (χ4v) is 4.67. The minimum Gasteiger partial charge on any atom is -0.324 e. The van der Waals surface area contributed by atoms with E-state index in [2.05, 4.69) is 5.32 Å². The molecule has 3 aromatic rings. The van der Waals surface area contributed by atoms with E-state index in [4.69, 9.17) is 0 Å². The number of nitro benzene ring substituents is 1. The molecular weight excluding hydrogens is 457 g/mol. The number of carbonyl (C=O) groups excluding carboxylic acids is 1. The number of amides is 1. The number of non-ortho nitro benzene ring substituents is 1. The fourth-order valence-electron chi connectivity index (χ4n) is 2.85. The van der Waals surface area contributed by atoms with Crippen molar-refractivity contribution in [1.29, 1.82) is 0 Å². The van der Waals surface area contributed by atoms with Gasteiger partial charge in [0.2, 0.25) is 5.91 Å². The third-order valence-electron chi connectivity index (χ3n) is 4.37. The molecule has 8 nitrogen and oxygen atoms in total. The molecule has 3 aromatic carbocycles. The van der Waals surface area contributed by atoms with Crippen LogP contribution in [0.3, 0.4) is 0 Å². The largest absolute Gasteiger partial charge is 0.324 e. The molecular formula is C21H18FN3O5S2. The van der Waals surface area contributed by atoms with E-state index in [1.54, 1.807) is 12.1 Å². The maximum Gasteiger partial charge on any atom is 0.271 e. The molecule has 3 rings (SSSR count). The van der Waals surface area contributed by atoms with Crippen molar-refractivity contribution in [3.05, 3.63) is 88.7 Å². The molecule has 0 saturated heterocycles. The summed E-state index contributed by atoms with van der Waals surface area (Å²) in [6.45, 7) is -0.668. The Morgan fingerprint density at radius 2 is 1.78 bits per heavy atom. The van der Waals surface area contributed by atoms with Crippen LogP contribution >= 0.6 is 11.8 Å². The standard InChI is InChI=1S/C21H18FN3O5S2/c1-31-19-8-10-20(11-9-19)32(29,30)24(17-6-2-4-15(22)12-17)14-21(26)23-16-5-3-7-18(13-16)25(27)28/h2-13H,14H2,1H3,(H,23,26). The van der Waals surface area contributed by atoms with Gasteiger partial charge in [-0.05, 0) is 54.8 Å². The summed E-state index contributed by atoms with van der Waals surface area (Å²) >= 11 is 1.44. The Kier molecular flexibility index (Phi) is 7.11. The van der Waals surface area contributed by atoms with Gasteiger partial charge in [-0.2, -0.15) is 0 Å². The Labute approximate surface area is 188 Å². The van der Waals surface area contributed by atoms with Crippen molar-refractivity contribution in [2.45, 2.75) is 9.79 Å². The predicted molar refractivity (Wildman–Crippen MR) is 121 cm³/mol. The molecule has 0 aliphatic carbocycles. The lowest BCUT2D eigenvalue weighted by atomic mass is 10.3. The number of sulfonamides is 1. The van der Waals surface area contributed by atoms with Gasteiger partial charge in [0.05, 0.1) is 15.5 Å².